The normalized spacial score (nSPS) is 11.9. The highest BCUT2D eigenvalue weighted by molar-refractivity contribution is 7.91. The lowest BCUT2D eigenvalue weighted by Crippen LogP contribution is -2.25. The number of nitrogens with two attached hydrogens (primary N) is 1. The maximum absolute atomic E-state index is 12.5. The predicted octanol–water partition coefficient (Wildman–Crippen LogP) is 2.71. The van der Waals surface area contributed by atoms with Crippen molar-refractivity contribution in [3.8, 4) is 0 Å². The van der Waals surface area contributed by atoms with E-state index in [9.17, 15) is 8.42 Å². The van der Waals surface area contributed by atoms with E-state index in [1.165, 1.54) is 15.6 Å². The van der Waals surface area contributed by atoms with Crippen LogP contribution in [-0.2, 0) is 23.0 Å². The quantitative estimate of drug-likeness (QED) is 0.864. The van der Waals surface area contributed by atoms with Crippen molar-refractivity contribution in [2.75, 3.05) is 12.8 Å². The summed E-state index contributed by atoms with van der Waals surface area (Å²) >= 11 is 1.33. The Balaban J connectivity index is 2.21. The Morgan fingerprint density at radius 3 is 2.60 bits per heavy atom. The van der Waals surface area contributed by atoms with Gasteiger partial charge in [0.2, 0.25) is 0 Å². The zero-order valence-electron chi connectivity index (χ0n) is 11.5. The Bertz CT molecular complexity index is 693. The molecule has 0 amide bonds. The minimum absolute atomic E-state index is 0.312. The minimum atomic E-state index is -3.43. The Labute approximate surface area is 123 Å². The van der Waals surface area contributed by atoms with E-state index in [0.29, 0.717) is 16.4 Å². The van der Waals surface area contributed by atoms with Crippen molar-refractivity contribution >= 4 is 27.0 Å². The largest absolute Gasteiger partial charge is 0.399 e. The fraction of sp³-hybridized carbons (Fsp3) is 0.286. The third kappa shape index (κ3) is 3.20. The number of benzene rings is 1. The summed E-state index contributed by atoms with van der Waals surface area (Å²) in [5.74, 6) is 0. The molecule has 0 unspecified atom stereocenters. The van der Waals surface area contributed by atoms with Crippen molar-refractivity contribution in [3.63, 3.8) is 0 Å². The van der Waals surface area contributed by atoms with Gasteiger partial charge >= 0.3 is 0 Å². The summed E-state index contributed by atoms with van der Waals surface area (Å²) in [6.45, 7) is 2.32. The lowest BCUT2D eigenvalue weighted by atomic mass is 10.2. The van der Waals surface area contributed by atoms with E-state index in [2.05, 4.69) is 0 Å². The highest BCUT2D eigenvalue weighted by Crippen LogP contribution is 2.25. The van der Waals surface area contributed by atoms with Crippen molar-refractivity contribution < 1.29 is 8.42 Å². The van der Waals surface area contributed by atoms with E-state index in [0.717, 1.165) is 16.9 Å². The monoisotopic (exact) mass is 310 g/mol. The molecule has 4 nitrogen and oxygen atoms in total. The average Bonchev–Trinajstić information content (AvgIpc) is 2.88. The second-order valence-electron chi connectivity index (χ2n) is 4.58. The standard InChI is InChI=1S/C14H18N2O2S2/c1-3-13-7-8-14(19-13)20(17,18)16(2)10-11-5-4-6-12(15)9-11/h4-9H,3,10,15H2,1-2H3. The Kier molecular flexibility index (Phi) is 4.47. The number of rotatable bonds is 5. The fourth-order valence-corrected chi connectivity index (χ4v) is 4.54. The third-order valence-corrected chi connectivity index (χ3v) is 6.51. The zero-order valence-corrected chi connectivity index (χ0v) is 13.2. The molecule has 1 aromatic carbocycles. The Hall–Kier alpha value is -1.37. The number of anilines is 1. The van der Waals surface area contributed by atoms with Gasteiger partial charge in [-0.05, 0) is 36.2 Å². The highest BCUT2D eigenvalue weighted by atomic mass is 32.2. The summed E-state index contributed by atoms with van der Waals surface area (Å²) < 4.78 is 26.7. The molecule has 2 N–H and O–H groups in total. The number of hydrogen-bond donors (Lipinski definition) is 1. The summed E-state index contributed by atoms with van der Waals surface area (Å²) in [6, 6.07) is 10.8. The van der Waals surface area contributed by atoms with Crippen LogP contribution in [0.5, 0.6) is 0 Å². The van der Waals surface area contributed by atoms with Gasteiger partial charge < -0.3 is 5.73 Å². The summed E-state index contributed by atoms with van der Waals surface area (Å²) in [7, 11) is -1.84. The molecule has 0 aliphatic heterocycles. The van der Waals surface area contributed by atoms with E-state index in [-0.39, 0.29) is 0 Å². The zero-order chi connectivity index (χ0) is 14.8. The molecule has 0 fully saturated rings. The molecule has 0 bridgehead atoms. The summed E-state index contributed by atoms with van der Waals surface area (Å²) in [5, 5.41) is 0. The van der Waals surface area contributed by atoms with E-state index in [4.69, 9.17) is 5.73 Å². The topological polar surface area (TPSA) is 63.4 Å². The van der Waals surface area contributed by atoms with Crippen LogP contribution in [0.1, 0.15) is 17.4 Å². The number of aryl methyl sites for hydroxylation is 1. The molecule has 0 saturated heterocycles. The van der Waals surface area contributed by atoms with Gasteiger partial charge in [-0.1, -0.05) is 19.1 Å². The van der Waals surface area contributed by atoms with Crippen LogP contribution in [0.3, 0.4) is 0 Å². The predicted molar refractivity (Wildman–Crippen MR) is 83.2 cm³/mol. The van der Waals surface area contributed by atoms with Crippen LogP contribution in [-0.4, -0.2) is 19.8 Å². The van der Waals surface area contributed by atoms with Gasteiger partial charge in [0.25, 0.3) is 10.0 Å². The molecule has 108 valence electrons. The number of thiophene rings is 1. The SMILES string of the molecule is CCc1ccc(S(=O)(=O)N(C)Cc2cccc(N)c2)s1. The average molecular weight is 310 g/mol. The van der Waals surface area contributed by atoms with Gasteiger partial charge in [0.1, 0.15) is 4.21 Å². The summed E-state index contributed by atoms with van der Waals surface area (Å²) in [6.07, 6.45) is 0.846. The fourth-order valence-electron chi connectivity index (χ4n) is 1.87. The van der Waals surface area contributed by atoms with Crippen LogP contribution in [0, 0.1) is 0 Å². The van der Waals surface area contributed by atoms with Crippen LogP contribution in [0.4, 0.5) is 5.69 Å². The van der Waals surface area contributed by atoms with Crippen LogP contribution < -0.4 is 5.73 Å². The van der Waals surface area contributed by atoms with Gasteiger partial charge in [-0.15, -0.1) is 11.3 Å². The van der Waals surface area contributed by atoms with Crippen LogP contribution in [0.2, 0.25) is 0 Å². The molecule has 0 aliphatic rings. The highest BCUT2D eigenvalue weighted by Gasteiger charge is 2.22. The van der Waals surface area contributed by atoms with E-state index < -0.39 is 10.0 Å². The van der Waals surface area contributed by atoms with Gasteiger partial charge in [0.05, 0.1) is 0 Å². The minimum Gasteiger partial charge on any atom is -0.399 e. The molecule has 0 radical (unpaired) electrons. The molecule has 0 spiro atoms. The molecular weight excluding hydrogens is 292 g/mol. The first kappa shape index (κ1) is 15.0. The molecule has 6 heteroatoms. The van der Waals surface area contributed by atoms with Gasteiger partial charge in [-0.25, -0.2) is 8.42 Å². The van der Waals surface area contributed by atoms with E-state index >= 15 is 0 Å². The van der Waals surface area contributed by atoms with Gasteiger partial charge in [0.15, 0.2) is 0 Å². The lowest BCUT2D eigenvalue weighted by molar-refractivity contribution is 0.468. The first-order valence-corrected chi connectivity index (χ1v) is 8.58. The van der Waals surface area contributed by atoms with Crippen molar-refractivity contribution in [2.24, 2.45) is 0 Å². The summed E-state index contributed by atoms with van der Waals surface area (Å²) in [4.78, 5) is 1.07. The first-order chi connectivity index (χ1) is 9.43. The Morgan fingerprint density at radius 2 is 2.00 bits per heavy atom. The smallest absolute Gasteiger partial charge is 0.252 e. The molecule has 1 aromatic heterocycles. The van der Waals surface area contributed by atoms with Crippen LogP contribution >= 0.6 is 11.3 Å². The molecule has 20 heavy (non-hydrogen) atoms. The van der Waals surface area contributed by atoms with Gasteiger partial charge in [0, 0.05) is 24.2 Å². The number of sulfonamides is 1. The third-order valence-electron chi connectivity index (χ3n) is 3.01. The molecule has 0 aliphatic carbocycles. The molecule has 2 rings (SSSR count). The maximum Gasteiger partial charge on any atom is 0.252 e. The van der Waals surface area contributed by atoms with E-state index in [1.807, 2.05) is 25.1 Å². The van der Waals surface area contributed by atoms with Crippen LogP contribution in [0.15, 0.2) is 40.6 Å². The second kappa shape index (κ2) is 5.95. The van der Waals surface area contributed by atoms with Gasteiger partial charge in [-0.3, -0.25) is 0 Å². The lowest BCUT2D eigenvalue weighted by Gasteiger charge is -2.16. The van der Waals surface area contributed by atoms with Crippen molar-refractivity contribution in [3.05, 3.63) is 46.8 Å². The van der Waals surface area contributed by atoms with E-state index in [1.54, 1.807) is 25.2 Å². The first-order valence-electron chi connectivity index (χ1n) is 6.33. The number of hydrogen-bond acceptors (Lipinski definition) is 4. The van der Waals surface area contributed by atoms with Crippen molar-refractivity contribution in [2.45, 2.75) is 24.1 Å². The van der Waals surface area contributed by atoms with Crippen molar-refractivity contribution in [1.29, 1.82) is 0 Å². The summed E-state index contributed by atoms with van der Waals surface area (Å²) in [5.41, 5.74) is 7.22. The molecule has 0 saturated carbocycles. The van der Waals surface area contributed by atoms with Crippen molar-refractivity contribution in [1.82, 2.24) is 4.31 Å². The number of nitrogens with zero attached hydrogens (tertiary/aromatic N) is 1. The molecular formula is C14H18N2O2S2. The second-order valence-corrected chi connectivity index (χ2v) is 8.02. The van der Waals surface area contributed by atoms with Crippen LogP contribution in [0.25, 0.3) is 0 Å². The van der Waals surface area contributed by atoms with Gasteiger partial charge in [-0.2, -0.15) is 4.31 Å². The number of nitrogen functional groups attached to an aromatic ring is 1. The molecule has 0 atom stereocenters. The Morgan fingerprint density at radius 1 is 1.25 bits per heavy atom. The molecule has 2 aromatic rings. The maximum atomic E-state index is 12.5. The molecule has 1 heterocycles.